The van der Waals surface area contributed by atoms with E-state index >= 15 is 0 Å². The number of allylic oxidation sites excluding steroid dienone is 2. The van der Waals surface area contributed by atoms with Crippen LogP contribution in [-0.4, -0.2) is 16.9 Å². The topological polar surface area (TPSA) is 57.6 Å². The summed E-state index contributed by atoms with van der Waals surface area (Å²) in [6, 6.07) is 4.38. The molecule has 98 valence electrons. The quantitative estimate of drug-likeness (QED) is 0.634. The van der Waals surface area contributed by atoms with Crippen molar-refractivity contribution < 1.29 is 14.7 Å². The fourth-order valence-electron chi connectivity index (χ4n) is 2.72. The van der Waals surface area contributed by atoms with Gasteiger partial charge in [0.1, 0.15) is 5.75 Å². The first-order chi connectivity index (χ1) is 9.09. The zero-order chi connectivity index (χ0) is 13.6. The second-order valence-corrected chi connectivity index (χ2v) is 5.24. The van der Waals surface area contributed by atoms with Gasteiger partial charge < -0.3 is 5.11 Å². The molecule has 19 heavy (non-hydrogen) atoms. The molecule has 1 aromatic rings. The summed E-state index contributed by atoms with van der Waals surface area (Å²) in [5.74, 6) is -1.23. The summed E-state index contributed by atoms with van der Waals surface area (Å²) >= 11 is 5.76. The highest BCUT2D eigenvalue weighted by Crippen LogP contribution is 2.40. The van der Waals surface area contributed by atoms with Gasteiger partial charge in [-0.3, -0.25) is 9.59 Å². The summed E-state index contributed by atoms with van der Waals surface area (Å²) in [6.45, 7) is 0. The predicted octanol–water partition coefficient (Wildman–Crippen LogP) is 2.50. The van der Waals surface area contributed by atoms with E-state index in [9.17, 15) is 14.7 Å². The summed E-state index contributed by atoms with van der Waals surface area (Å²) in [6.07, 6.45) is 5.02. The van der Waals surface area contributed by atoms with E-state index in [2.05, 4.69) is 0 Å². The number of fused-ring (bicyclic) bond motifs is 1. The number of halogens is 1. The molecular formula is C14H12ClNO3. The van der Waals surface area contributed by atoms with E-state index in [1.54, 1.807) is 6.07 Å². The molecule has 1 fully saturated rings. The van der Waals surface area contributed by atoms with Crippen LogP contribution in [0.15, 0.2) is 30.4 Å². The second kappa shape index (κ2) is 4.38. The molecule has 2 amide bonds. The van der Waals surface area contributed by atoms with E-state index in [-0.39, 0.29) is 35.1 Å². The van der Waals surface area contributed by atoms with Gasteiger partial charge in [-0.2, -0.15) is 0 Å². The minimum Gasteiger partial charge on any atom is -0.506 e. The van der Waals surface area contributed by atoms with Crippen molar-refractivity contribution in [2.24, 2.45) is 11.8 Å². The number of aromatic hydroxyl groups is 1. The summed E-state index contributed by atoms with van der Waals surface area (Å²) in [4.78, 5) is 25.7. The lowest BCUT2D eigenvalue weighted by Crippen LogP contribution is -2.30. The number of anilines is 1. The molecule has 0 unspecified atom stereocenters. The highest BCUT2D eigenvalue weighted by Gasteiger charge is 2.48. The summed E-state index contributed by atoms with van der Waals surface area (Å²) in [5.41, 5.74) is 0.216. The smallest absolute Gasteiger partial charge is 0.238 e. The molecule has 0 bridgehead atoms. The van der Waals surface area contributed by atoms with Crippen LogP contribution in [0.2, 0.25) is 5.02 Å². The summed E-state index contributed by atoms with van der Waals surface area (Å²) in [5, 5.41) is 10.2. The third-order valence-electron chi connectivity index (χ3n) is 3.69. The van der Waals surface area contributed by atoms with E-state index in [0.717, 1.165) is 4.90 Å². The number of carbonyl (C=O) groups is 2. The lowest BCUT2D eigenvalue weighted by atomic mass is 9.85. The number of phenolic OH excluding ortho intramolecular Hbond substituents is 1. The van der Waals surface area contributed by atoms with Crippen molar-refractivity contribution >= 4 is 29.1 Å². The maximum absolute atomic E-state index is 12.3. The number of carbonyl (C=O) groups excluding carboxylic acids is 2. The van der Waals surface area contributed by atoms with Crippen LogP contribution >= 0.6 is 11.6 Å². The van der Waals surface area contributed by atoms with Gasteiger partial charge in [-0.1, -0.05) is 23.8 Å². The number of amides is 2. The van der Waals surface area contributed by atoms with Gasteiger partial charge in [0.05, 0.1) is 17.5 Å². The largest absolute Gasteiger partial charge is 0.506 e. The Balaban J connectivity index is 2.02. The lowest BCUT2D eigenvalue weighted by Gasteiger charge is -2.16. The minimum absolute atomic E-state index is 0.152. The van der Waals surface area contributed by atoms with Gasteiger partial charge in [-0.15, -0.1) is 0 Å². The summed E-state index contributed by atoms with van der Waals surface area (Å²) in [7, 11) is 0. The summed E-state index contributed by atoms with van der Waals surface area (Å²) < 4.78 is 0. The molecule has 0 saturated carbocycles. The average Bonchev–Trinajstić information content (AvgIpc) is 2.64. The molecule has 3 rings (SSSR count). The first kappa shape index (κ1) is 12.2. The van der Waals surface area contributed by atoms with Crippen molar-refractivity contribution in [2.75, 3.05) is 4.90 Å². The van der Waals surface area contributed by atoms with Crippen LogP contribution < -0.4 is 4.90 Å². The molecule has 0 aromatic heterocycles. The van der Waals surface area contributed by atoms with Gasteiger partial charge in [0.2, 0.25) is 11.8 Å². The Bertz CT molecular complexity index is 570. The van der Waals surface area contributed by atoms with E-state index in [4.69, 9.17) is 11.6 Å². The Morgan fingerprint density at radius 3 is 2.21 bits per heavy atom. The molecule has 5 heteroatoms. The average molecular weight is 278 g/mol. The monoisotopic (exact) mass is 277 g/mol. The lowest BCUT2D eigenvalue weighted by molar-refractivity contribution is -0.122. The van der Waals surface area contributed by atoms with Gasteiger partial charge in [-0.05, 0) is 25.0 Å². The number of hydrogen-bond donors (Lipinski definition) is 1. The van der Waals surface area contributed by atoms with Crippen molar-refractivity contribution in [3.05, 3.63) is 35.4 Å². The highest BCUT2D eigenvalue weighted by atomic mass is 35.5. The Labute approximate surface area is 115 Å². The number of hydrogen-bond acceptors (Lipinski definition) is 3. The Morgan fingerprint density at radius 1 is 1.11 bits per heavy atom. The third-order valence-corrected chi connectivity index (χ3v) is 3.92. The van der Waals surface area contributed by atoms with E-state index in [1.165, 1.54) is 12.1 Å². The molecule has 1 N–H and O–H groups in total. The van der Waals surface area contributed by atoms with Gasteiger partial charge in [0, 0.05) is 11.1 Å². The second-order valence-electron chi connectivity index (χ2n) is 4.80. The van der Waals surface area contributed by atoms with Crippen LogP contribution in [0.1, 0.15) is 12.8 Å². The molecule has 1 saturated heterocycles. The SMILES string of the molecule is O=C1[C@@H]2CC=CC[C@H]2C(=O)N1c1ccc(Cl)cc1O. The number of phenols is 1. The molecule has 2 aliphatic rings. The van der Waals surface area contributed by atoms with Crippen molar-refractivity contribution in [1.29, 1.82) is 0 Å². The zero-order valence-electron chi connectivity index (χ0n) is 10.0. The first-order valence-electron chi connectivity index (χ1n) is 6.11. The molecule has 1 aromatic carbocycles. The van der Waals surface area contributed by atoms with Crippen LogP contribution in [0.5, 0.6) is 5.75 Å². The van der Waals surface area contributed by atoms with Crippen LogP contribution in [0.25, 0.3) is 0 Å². The maximum atomic E-state index is 12.3. The normalized spacial score (nSPS) is 25.8. The van der Waals surface area contributed by atoms with E-state index in [0.29, 0.717) is 17.9 Å². The van der Waals surface area contributed by atoms with Crippen LogP contribution in [0, 0.1) is 11.8 Å². The number of nitrogens with zero attached hydrogens (tertiary/aromatic N) is 1. The third kappa shape index (κ3) is 1.83. The molecule has 2 atom stereocenters. The first-order valence-corrected chi connectivity index (χ1v) is 6.48. The van der Waals surface area contributed by atoms with Crippen LogP contribution in [0.4, 0.5) is 5.69 Å². The Hall–Kier alpha value is -1.81. The molecular weight excluding hydrogens is 266 g/mol. The standard InChI is InChI=1S/C14H12ClNO3/c15-8-5-6-11(12(17)7-8)16-13(18)9-3-1-2-4-10(9)14(16)19/h1-2,5-7,9-10,17H,3-4H2/t9-,10-/m1/s1. The van der Waals surface area contributed by atoms with Crippen molar-refractivity contribution in [1.82, 2.24) is 0 Å². The molecule has 1 aliphatic heterocycles. The number of rotatable bonds is 1. The molecule has 0 spiro atoms. The van der Waals surface area contributed by atoms with Crippen molar-refractivity contribution in [2.45, 2.75) is 12.8 Å². The highest BCUT2D eigenvalue weighted by molar-refractivity contribution is 6.31. The molecule has 1 heterocycles. The predicted molar refractivity (Wildman–Crippen MR) is 71.0 cm³/mol. The van der Waals surface area contributed by atoms with E-state index in [1.807, 2.05) is 12.2 Å². The van der Waals surface area contributed by atoms with Crippen molar-refractivity contribution in [3.8, 4) is 5.75 Å². The van der Waals surface area contributed by atoms with E-state index < -0.39 is 0 Å². The fraction of sp³-hybridized carbons (Fsp3) is 0.286. The molecule has 0 radical (unpaired) electrons. The van der Waals surface area contributed by atoms with Crippen LogP contribution in [0.3, 0.4) is 0 Å². The van der Waals surface area contributed by atoms with Gasteiger partial charge in [0.25, 0.3) is 0 Å². The zero-order valence-corrected chi connectivity index (χ0v) is 10.8. The number of imide groups is 1. The molecule has 4 nitrogen and oxygen atoms in total. The Morgan fingerprint density at radius 2 is 1.68 bits per heavy atom. The van der Waals surface area contributed by atoms with Crippen molar-refractivity contribution in [3.63, 3.8) is 0 Å². The van der Waals surface area contributed by atoms with Gasteiger partial charge >= 0.3 is 0 Å². The minimum atomic E-state index is -0.299. The van der Waals surface area contributed by atoms with Crippen LogP contribution in [-0.2, 0) is 9.59 Å². The van der Waals surface area contributed by atoms with Gasteiger partial charge in [-0.25, -0.2) is 4.90 Å². The maximum Gasteiger partial charge on any atom is 0.238 e. The number of benzene rings is 1. The van der Waals surface area contributed by atoms with Gasteiger partial charge in [0.15, 0.2) is 0 Å². The Kier molecular flexibility index (Phi) is 2.82. The molecule has 1 aliphatic carbocycles. The fourth-order valence-corrected chi connectivity index (χ4v) is 2.89.